The molecule has 0 saturated heterocycles. The van der Waals surface area contributed by atoms with Crippen LogP contribution in [0, 0.1) is 0 Å². The molecular weight excluding hydrogens is 284 g/mol. The fourth-order valence-electron chi connectivity index (χ4n) is 1.70. The Morgan fingerprint density at radius 3 is 2.65 bits per heavy atom. The Balaban J connectivity index is 0.00000144. The summed E-state index contributed by atoms with van der Waals surface area (Å²) in [5.74, 6) is -0.889. The maximum Gasteiger partial charge on any atom is 0.328 e. The van der Waals surface area contributed by atoms with E-state index in [9.17, 15) is 4.79 Å². The highest BCUT2D eigenvalue weighted by Crippen LogP contribution is 2.26. The fraction of sp³-hybridized carbons (Fsp3) is 0.273. The van der Waals surface area contributed by atoms with Gasteiger partial charge in [-0.1, -0.05) is 29.3 Å². The van der Waals surface area contributed by atoms with E-state index in [1.54, 1.807) is 18.2 Å². The lowest BCUT2D eigenvalue weighted by Crippen LogP contribution is -2.13. The summed E-state index contributed by atoms with van der Waals surface area (Å²) < 4.78 is 0. The van der Waals surface area contributed by atoms with Crippen molar-refractivity contribution in [3.8, 4) is 0 Å². The summed E-state index contributed by atoms with van der Waals surface area (Å²) in [5.41, 5.74) is 1.52. The minimum Gasteiger partial charge on any atom is -0.480 e. The number of nitrogens with zero attached hydrogens (tertiary/aromatic N) is 1. The molecule has 1 N–H and O–H groups in total. The second kappa shape index (κ2) is 5.71. The summed E-state index contributed by atoms with van der Waals surface area (Å²) in [4.78, 5) is 14.9. The highest BCUT2D eigenvalue weighted by molar-refractivity contribution is 6.37. The molecule has 0 radical (unpaired) electrons. The molecule has 1 unspecified atom stereocenters. The molecule has 0 amide bonds. The molecule has 92 valence electrons. The second-order valence-electron chi connectivity index (χ2n) is 3.59. The highest BCUT2D eigenvalue weighted by Gasteiger charge is 2.25. The van der Waals surface area contributed by atoms with Gasteiger partial charge >= 0.3 is 5.97 Å². The Morgan fingerprint density at radius 2 is 2.12 bits per heavy atom. The van der Waals surface area contributed by atoms with Crippen LogP contribution in [-0.4, -0.2) is 22.8 Å². The van der Waals surface area contributed by atoms with Crippen LogP contribution in [0.5, 0.6) is 0 Å². The Kier molecular flexibility index (Phi) is 4.80. The van der Waals surface area contributed by atoms with Crippen LogP contribution in [0.1, 0.15) is 18.4 Å². The number of halogens is 3. The summed E-state index contributed by atoms with van der Waals surface area (Å²) in [6.45, 7) is 0. The average molecular weight is 295 g/mol. The molecule has 2 rings (SSSR count). The first-order valence-corrected chi connectivity index (χ1v) is 5.58. The van der Waals surface area contributed by atoms with Crippen molar-refractivity contribution in [3.63, 3.8) is 0 Å². The van der Waals surface area contributed by atoms with E-state index in [4.69, 9.17) is 28.3 Å². The molecule has 0 bridgehead atoms. The molecule has 1 heterocycles. The zero-order chi connectivity index (χ0) is 11.7. The van der Waals surface area contributed by atoms with Crippen molar-refractivity contribution in [2.45, 2.75) is 18.9 Å². The van der Waals surface area contributed by atoms with Crippen LogP contribution in [0.3, 0.4) is 0 Å². The van der Waals surface area contributed by atoms with Crippen LogP contribution < -0.4 is 0 Å². The molecule has 0 aliphatic carbocycles. The number of carboxylic acids is 1. The predicted octanol–water partition coefficient (Wildman–Crippen LogP) is 3.45. The number of hydrogen-bond donors (Lipinski definition) is 1. The van der Waals surface area contributed by atoms with Crippen molar-refractivity contribution in [2.24, 2.45) is 4.99 Å². The Bertz CT molecular complexity index is 474. The molecule has 6 heteroatoms. The molecule has 1 aliphatic rings. The van der Waals surface area contributed by atoms with E-state index in [0.717, 1.165) is 11.3 Å². The monoisotopic (exact) mass is 293 g/mol. The number of hydrogen-bond acceptors (Lipinski definition) is 2. The SMILES string of the molecule is Cl.O=C(O)C1CCC(c2ccc(Cl)cc2Cl)=N1. The molecule has 1 aromatic rings. The van der Waals surface area contributed by atoms with Gasteiger partial charge < -0.3 is 5.11 Å². The second-order valence-corrected chi connectivity index (χ2v) is 4.44. The molecule has 1 aromatic carbocycles. The number of carboxylic acid groups (broad SMARTS) is 1. The van der Waals surface area contributed by atoms with Crippen LogP contribution in [0.25, 0.3) is 0 Å². The van der Waals surface area contributed by atoms with Crippen molar-refractivity contribution in [3.05, 3.63) is 33.8 Å². The number of benzene rings is 1. The molecular formula is C11H10Cl3NO2. The number of carbonyl (C=O) groups is 1. The van der Waals surface area contributed by atoms with Gasteiger partial charge in [0.05, 0.1) is 5.02 Å². The van der Waals surface area contributed by atoms with Crippen LogP contribution in [0.4, 0.5) is 0 Å². The number of aliphatic carboxylic acids is 1. The van der Waals surface area contributed by atoms with Gasteiger partial charge in [-0.05, 0) is 25.0 Å². The molecule has 3 nitrogen and oxygen atoms in total. The van der Waals surface area contributed by atoms with Crippen molar-refractivity contribution < 1.29 is 9.90 Å². The summed E-state index contributed by atoms with van der Waals surface area (Å²) in [7, 11) is 0. The molecule has 0 saturated carbocycles. The summed E-state index contributed by atoms with van der Waals surface area (Å²) >= 11 is 11.8. The standard InChI is InChI=1S/C11H9Cl2NO2.ClH/c12-6-1-2-7(8(13)5-6)9-3-4-10(14-9)11(15)16;/h1-2,5,10H,3-4H2,(H,15,16);1H. The van der Waals surface area contributed by atoms with Gasteiger partial charge in [0, 0.05) is 16.3 Å². The van der Waals surface area contributed by atoms with Gasteiger partial charge in [-0.2, -0.15) is 0 Å². The third-order valence-corrected chi connectivity index (χ3v) is 3.04. The van der Waals surface area contributed by atoms with Gasteiger partial charge in [0.2, 0.25) is 0 Å². The van der Waals surface area contributed by atoms with Crippen LogP contribution in [0.2, 0.25) is 10.0 Å². The van der Waals surface area contributed by atoms with Crippen molar-refractivity contribution in [1.82, 2.24) is 0 Å². The van der Waals surface area contributed by atoms with E-state index in [0.29, 0.717) is 22.9 Å². The van der Waals surface area contributed by atoms with E-state index in [1.807, 2.05) is 0 Å². The lowest BCUT2D eigenvalue weighted by Gasteiger charge is -2.03. The van der Waals surface area contributed by atoms with E-state index >= 15 is 0 Å². The van der Waals surface area contributed by atoms with Gasteiger partial charge in [0.1, 0.15) is 6.04 Å². The zero-order valence-corrected chi connectivity index (χ0v) is 11.0. The van der Waals surface area contributed by atoms with E-state index in [1.165, 1.54) is 0 Å². The lowest BCUT2D eigenvalue weighted by molar-refractivity contribution is -0.138. The van der Waals surface area contributed by atoms with Gasteiger partial charge in [-0.3, -0.25) is 4.99 Å². The minimum absolute atomic E-state index is 0. The predicted molar refractivity (Wildman–Crippen MR) is 70.9 cm³/mol. The fourth-order valence-corrected chi connectivity index (χ4v) is 2.21. The Labute approximate surface area is 115 Å². The Hall–Kier alpha value is -0.770. The normalized spacial score (nSPS) is 18.5. The van der Waals surface area contributed by atoms with E-state index < -0.39 is 12.0 Å². The molecule has 0 aromatic heterocycles. The maximum atomic E-state index is 10.8. The first kappa shape index (κ1) is 14.3. The Morgan fingerprint density at radius 1 is 1.41 bits per heavy atom. The maximum absolute atomic E-state index is 10.8. The molecule has 0 spiro atoms. The van der Waals surface area contributed by atoms with Crippen LogP contribution in [0.15, 0.2) is 23.2 Å². The van der Waals surface area contributed by atoms with Gasteiger partial charge in [0.25, 0.3) is 0 Å². The summed E-state index contributed by atoms with van der Waals surface area (Å²) in [6, 6.07) is 4.49. The third-order valence-electron chi connectivity index (χ3n) is 2.49. The van der Waals surface area contributed by atoms with Crippen LogP contribution in [-0.2, 0) is 4.79 Å². The molecule has 0 fully saturated rings. The van der Waals surface area contributed by atoms with Crippen molar-refractivity contribution in [1.29, 1.82) is 0 Å². The van der Waals surface area contributed by atoms with Crippen LogP contribution >= 0.6 is 35.6 Å². The van der Waals surface area contributed by atoms with Gasteiger partial charge in [-0.25, -0.2) is 4.79 Å². The largest absolute Gasteiger partial charge is 0.480 e. The zero-order valence-electron chi connectivity index (χ0n) is 8.69. The van der Waals surface area contributed by atoms with E-state index in [2.05, 4.69) is 4.99 Å². The minimum atomic E-state index is -0.889. The third kappa shape index (κ3) is 3.12. The topological polar surface area (TPSA) is 49.7 Å². The van der Waals surface area contributed by atoms with Gasteiger partial charge in [0.15, 0.2) is 0 Å². The lowest BCUT2D eigenvalue weighted by atomic mass is 10.1. The molecule has 1 atom stereocenters. The average Bonchev–Trinajstić information content (AvgIpc) is 2.66. The summed E-state index contributed by atoms with van der Waals surface area (Å²) in [5, 5.41) is 9.90. The molecule has 17 heavy (non-hydrogen) atoms. The van der Waals surface area contributed by atoms with Crippen molar-refractivity contribution in [2.75, 3.05) is 0 Å². The number of rotatable bonds is 2. The summed E-state index contributed by atoms with van der Waals surface area (Å²) in [6.07, 6.45) is 1.17. The van der Waals surface area contributed by atoms with Crippen molar-refractivity contribution >= 4 is 47.3 Å². The first-order chi connectivity index (χ1) is 7.58. The first-order valence-electron chi connectivity index (χ1n) is 4.83. The van der Waals surface area contributed by atoms with E-state index in [-0.39, 0.29) is 12.4 Å². The van der Waals surface area contributed by atoms with Gasteiger partial charge in [-0.15, -0.1) is 12.4 Å². The quantitative estimate of drug-likeness (QED) is 0.908. The highest BCUT2D eigenvalue weighted by atomic mass is 35.5. The molecule has 1 aliphatic heterocycles. The smallest absolute Gasteiger partial charge is 0.328 e. The number of aliphatic imine (C=N–C) groups is 1.